The molecule has 20 heavy (non-hydrogen) atoms. The molecule has 0 bridgehead atoms. The Morgan fingerprint density at radius 1 is 1.45 bits per heavy atom. The molecule has 0 aliphatic carbocycles. The van der Waals surface area contributed by atoms with Gasteiger partial charge in [0.2, 0.25) is 5.91 Å². The zero-order chi connectivity index (χ0) is 15.1. The van der Waals surface area contributed by atoms with Gasteiger partial charge in [0, 0.05) is 18.7 Å². The van der Waals surface area contributed by atoms with Crippen molar-refractivity contribution in [3.05, 3.63) is 39.9 Å². The molecule has 0 heterocycles. The minimum absolute atomic E-state index is 0.0586. The summed E-state index contributed by atoms with van der Waals surface area (Å²) in [6.07, 6.45) is 0.0872. The van der Waals surface area contributed by atoms with Crippen LogP contribution >= 0.6 is 0 Å². The van der Waals surface area contributed by atoms with Crippen LogP contribution in [0, 0.1) is 10.1 Å². The van der Waals surface area contributed by atoms with E-state index in [4.69, 9.17) is 0 Å². The molecule has 1 N–H and O–H groups in total. The summed E-state index contributed by atoms with van der Waals surface area (Å²) < 4.78 is 4.45. The lowest BCUT2D eigenvalue weighted by atomic mass is 10.00. The first-order valence-electron chi connectivity index (χ1n) is 6.04. The van der Waals surface area contributed by atoms with Crippen LogP contribution in [0.4, 0.5) is 5.69 Å². The second kappa shape index (κ2) is 7.22. The van der Waals surface area contributed by atoms with Gasteiger partial charge in [0.25, 0.3) is 5.69 Å². The summed E-state index contributed by atoms with van der Waals surface area (Å²) in [5, 5.41) is 13.3. The van der Waals surface area contributed by atoms with E-state index in [1.807, 2.05) is 0 Å². The number of esters is 1. The van der Waals surface area contributed by atoms with Gasteiger partial charge in [-0.1, -0.05) is 12.1 Å². The first kappa shape index (κ1) is 15.6. The van der Waals surface area contributed by atoms with Gasteiger partial charge in [0.1, 0.15) is 0 Å². The number of ether oxygens (including phenoxy) is 1. The van der Waals surface area contributed by atoms with E-state index >= 15 is 0 Å². The van der Waals surface area contributed by atoms with Crippen molar-refractivity contribution in [2.45, 2.75) is 19.3 Å². The number of nitrogens with one attached hydrogen (secondary N) is 1. The van der Waals surface area contributed by atoms with Crippen LogP contribution in [-0.2, 0) is 14.3 Å². The predicted molar refractivity (Wildman–Crippen MR) is 71.2 cm³/mol. The third kappa shape index (κ3) is 4.34. The number of benzene rings is 1. The molecule has 1 rings (SSSR count). The second-order valence-electron chi connectivity index (χ2n) is 4.19. The van der Waals surface area contributed by atoms with E-state index < -0.39 is 16.8 Å². The highest BCUT2D eigenvalue weighted by Gasteiger charge is 2.17. The van der Waals surface area contributed by atoms with Crippen molar-refractivity contribution in [3.63, 3.8) is 0 Å². The highest BCUT2D eigenvalue weighted by Crippen LogP contribution is 2.20. The molecule has 7 nitrogen and oxygen atoms in total. The third-order valence-corrected chi connectivity index (χ3v) is 2.83. The molecule has 0 saturated carbocycles. The van der Waals surface area contributed by atoms with E-state index in [-0.39, 0.29) is 24.6 Å². The van der Waals surface area contributed by atoms with Gasteiger partial charge in [0.05, 0.1) is 24.4 Å². The zero-order valence-electron chi connectivity index (χ0n) is 11.3. The van der Waals surface area contributed by atoms with Crippen LogP contribution in [0.3, 0.4) is 0 Å². The van der Waals surface area contributed by atoms with Crippen molar-refractivity contribution >= 4 is 17.6 Å². The van der Waals surface area contributed by atoms with Gasteiger partial charge < -0.3 is 10.1 Å². The number of nitro groups is 1. The predicted octanol–water partition coefficient (Wildman–Crippen LogP) is 1.38. The Bertz CT molecular complexity index is 515. The number of hydrogen-bond acceptors (Lipinski definition) is 5. The van der Waals surface area contributed by atoms with Crippen molar-refractivity contribution in [2.75, 3.05) is 13.7 Å². The quantitative estimate of drug-likeness (QED) is 0.482. The van der Waals surface area contributed by atoms with E-state index in [2.05, 4.69) is 10.1 Å². The fraction of sp³-hybridized carbons (Fsp3) is 0.385. The number of nitro benzene ring substituents is 1. The smallest absolute Gasteiger partial charge is 0.307 e. The molecule has 0 aliphatic heterocycles. The lowest BCUT2D eigenvalue weighted by Gasteiger charge is -2.12. The minimum Gasteiger partial charge on any atom is -0.469 e. The molecule has 7 heteroatoms. The number of rotatable bonds is 6. The first-order valence-corrected chi connectivity index (χ1v) is 6.04. The highest BCUT2D eigenvalue weighted by molar-refractivity contribution is 5.83. The summed E-state index contributed by atoms with van der Waals surface area (Å²) in [7, 11) is 1.27. The number of non-ortho nitro benzene ring substituents is 1. The van der Waals surface area contributed by atoms with Gasteiger partial charge in [-0.2, -0.15) is 0 Å². The van der Waals surface area contributed by atoms with Crippen LogP contribution in [0.25, 0.3) is 0 Å². The number of carbonyl (C=O) groups is 2. The molecule has 1 unspecified atom stereocenters. The van der Waals surface area contributed by atoms with Gasteiger partial charge in [0.15, 0.2) is 0 Å². The number of methoxy groups -OCH3 is 1. The second-order valence-corrected chi connectivity index (χ2v) is 4.19. The lowest BCUT2D eigenvalue weighted by molar-refractivity contribution is -0.384. The molecule has 0 radical (unpaired) electrons. The van der Waals surface area contributed by atoms with E-state index in [0.717, 1.165) is 0 Å². The van der Waals surface area contributed by atoms with E-state index in [0.29, 0.717) is 5.56 Å². The number of nitrogens with zero attached hydrogens (tertiary/aromatic N) is 1. The minimum atomic E-state index is -0.535. The Morgan fingerprint density at radius 3 is 2.75 bits per heavy atom. The monoisotopic (exact) mass is 280 g/mol. The van der Waals surface area contributed by atoms with Crippen LogP contribution in [0.1, 0.15) is 24.8 Å². The van der Waals surface area contributed by atoms with Crippen molar-refractivity contribution in [3.8, 4) is 0 Å². The van der Waals surface area contributed by atoms with Crippen molar-refractivity contribution in [1.29, 1.82) is 0 Å². The SMILES string of the molecule is COC(=O)CCNC(=O)C(C)c1cccc([N+](=O)[O-])c1. The normalized spacial score (nSPS) is 11.5. The highest BCUT2D eigenvalue weighted by atomic mass is 16.6. The fourth-order valence-electron chi connectivity index (χ4n) is 1.60. The summed E-state index contributed by atoms with van der Waals surface area (Å²) in [5.41, 5.74) is 0.492. The third-order valence-electron chi connectivity index (χ3n) is 2.83. The molecule has 108 valence electrons. The average Bonchev–Trinajstić information content (AvgIpc) is 2.46. The van der Waals surface area contributed by atoms with Gasteiger partial charge in [-0.05, 0) is 12.5 Å². The van der Waals surface area contributed by atoms with E-state index in [9.17, 15) is 19.7 Å². The van der Waals surface area contributed by atoms with Crippen LogP contribution < -0.4 is 5.32 Å². The van der Waals surface area contributed by atoms with E-state index in [1.165, 1.54) is 25.3 Å². The summed E-state index contributed by atoms with van der Waals surface area (Å²) in [4.78, 5) is 32.9. The molecule has 0 aliphatic rings. The van der Waals surface area contributed by atoms with Crippen LogP contribution in [-0.4, -0.2) is 30.5 Å². The molecule has 0 saturated heterocycles. The Balaban J connectivity index is 2.62. The van der Waals surface area contributed by atoms with Crippen LogP contribution in [0.15, 0.2) is 24.3 Å². The average molecular weight is 280 g/mol. The van der Waals surface area contributed by atoms with Gasteiger partial charge in [-0.3, -0.25) is 19.7 Å². The molecular formula is C13H16N2O5. The standard InChI is InChI=1S/C13H16N2O5/c1-9(13(17)14-7-6-12(16)20-2)10-4-3-5-11(8-10)15(18)19/h3-5,8-9H,6-7H2,1-2H3,(H,14,17). The zero-order valence-corrected chi connectivity index (χ0v) is 11.3. The maximum absolute atomic E-state index is 11.9. The van der Waals surface area contributed by atoms with Gasteiger partial charge in [-0.25, -0.2) is 0 Å². The number of carbonyl (C=O) groups excluding carboxylic acids is 2. The molecule has 0 spiro atoms. The van der Waals surface area contributed by atoms with Gasteiger partial charge in [-0.15, -0.1) is 0 Å². The Labute approximate surface area is 116 Å². The topological polar surface area (TPSA) is 98.5 Å². The van der Waals surface area contributed by atoms with Gasteiger partial charge >= 0.3 is 5.97 Å². The summed E-state index contributed by atoms with van der Waals surface area (Å²) >= 11 is 0. The molecule has 1 aromatic rings. The molecule has 0 aromatic heterocycles. The number of hydrogen-bond donors (Lipinski definition) is 1. The van der Waals surface area contributed by atoms with Crippen molar-refractivity contribution < 1.29 is 19.2 Å². The number of amides is 1. The fourth-order valence-corrected chi connectivity index (χ4v) is 1.60. The van der Waals surface area contributed by atoms with E-state index in [1.54, 1.807) is 13.0 Å². The summed E-state index contributed by atoms with van der Waals surface area (Å²) in [6, 6.07) is 5.92. The summed E-state index contributed by atoms with van der Waals surface area (Å²) in [5.74, 6) is -1.24. The molecule has 1 atom stereocenters. The maximum Gasteiger partial charge on any atom is 0.307 e. The Hall–Kier alpha value is -2.44. The molecular weight excluding hydrogens is 264 g/mol. The molecule has 1 aromatic carbocycles. The van der Waals surface area contributed by atoms with Crippen LogP contribution in [0.2, 0.25) is 0 Å². The molecule has 0 fully saturated rings. The van der Waals surface area contributed by atoms with Crippen molar-refractivity contribution in [2.24, 2.45) is 0 Å². The van der Waals surface area contributed by atoms with Crippen LogP contribution in [0.5, 0.6) is 0 Å². The summed E-state index contributed by atoms with van der Waals surface area (Å²) in [6.45, 7) is 1.82. The largest absolute Gasteiger partial charge is 0.469 e. The van der Waals surface area contributed by atoms with Crippen molar-refractivity contribution in [1.82, 2.24) is 5.32 Å². The lowest BCUT2D eigenvalue weighted by Crippen LogP contribution is -2.30. The Morgan fingerprint density at radius 2 is 2.15 bits per heavy atom. The molecule has 1 amide bonds. The first-order chi connectivity index (χ1) is 9.45. The maximum atomic E-state index is 11.9. The Kier molecular flexibility index (Phi) is 5.64.